The molecular weight excluding hydrogens is 232 g/mol. The van der Waals surface area contributed by atoms with E-state index in [1.807, 2.05) is 0 Å². The molecule has 0 rings (SSSR count). The first kappa shape index (κ1) is 35.0. The van der Waals surface area contributed by atoms with Crippen LogP contribution in [0.15, 0.2) is 0 Å². The minimum Gasteiger partial charge on any atom is 0 e. The summed E-state index contributed by atoms with van der Waals surface area (Å²) < 4.78 is 0. The van der Waals surface area contributed by atoms with Crippen molar-refractivity contribution in [1.82, 2.24) is 0 Å². The van der Waals surface area contributed by atoms with E-state index in [9.17, 15) is 0 Å². The Morgan fingerprint density at radius 2 is 1.00 bits per heavy atom. The van der Waals surface area contributed by atoms with Gasteiger partial charge in [0.2, 0.25) is 0 Å². The van der Waals surface area contributed by atoms with Crippen LogP contribution in [0, 0.1) is 0 Å². The number of hydrogen-bond acceptors (Lipinski definition) is 0. The predicted octanol–water partition coefficient (Wildman–Crippen LogP) is -0.0100. The maximum absolute atomic E-state index is 0. The topological polar surface area (TPSA) is 0 Å². The van der Waals surface area contributed by atoms with Gasteiger partial charge in [-0.3, -0.25) is 0 Å². The molecule has 0 aromatic rings. The molecule has 0 nitrogen and oxygen atoms in total. The monoisotopic (exact) mass is 230 g/mol. The van der Waals surface area contributed by atoms with Crippen LogP contribution in [0.5, 0.6) is 0 Å². The van der Waals surface area contributed by atoms with Crippen molar-refractivity contribution in [2.75, 3.05) is 0 Å². The van der Waals surface area contributed by atoms with Gasteiger partial charge in [-0.15, -0.1) is 0 Å². The van der Waals surface area contributed by atoms with Gasteiger partial charge in [-0.05, 0) is 0 Å². The average molecular weight is 232 g/mol. The molecule has 0 aliphatic rings. The second-order valence-corrected chi connectivity index (χ2v) is 0. The first-order valence-corrected chi connectivity index (χ1v) is 0. The summed E-state index contributed by atoms with van der Waals surface area (Å²) in [5, 5.41) is 0. The Labute approximate surface area is 69.8 Å². The van der Waals surface area contributed by atoms with Crippen molar-refractivity contribution in [3.63, 3.8) is 0 Å². The van der Waals surface area contributed by atoms with Crippen LogP contribution in [0.1, 0.15) is 0 Å². The van der Waals surface area contributed by atoms with Gasteiger partial charge >= 0.3 is 0 Å². The Bertz CT molecular complexity index is 8.00. The van der Waals surface area contributed by atoms with Gasteiger partial charge in [0.05, 0.1) is 0 Å². The number of hydrogen-bond donors (Lipinski definition) is 0. The zero-order valence-electron chi connectivity index (χ0n) is 1.79. The second-order valence-electron chi connectivity index (χ2n) is 0. The molecule has 0 saturated heterocycles. The van der Waals surface area contributed by atoms with Gasteiger partial charge in [-0.2, -0.15) is 0 Å². The Balaban J connectivity index is 0. The van der Waals surface area contributed by atoms with Crippen LogP contribution in [0.25, 0.3) is 0 Å². The van der Waals surface area contributed by atoms with Gasteiger partial charge < -0.3 is 0 Å². The standard InChI is InChI=1S/Cr.Fe.Ni.Zn. The molecular formula is CrFeNiZn. The van der Waals surface area contributed by atoms with Gasteiger partial charge in [-0.1, -0.05) is 0 Å². The van der Waals surface area contributed by atoms with Gasteiger partial charge in [0.25, 0.3) is 0 Å². The largest absolute Gasteiger partial charge is 0 e. The van der Waals surface area contributed by atoms with E-state index in [2.05, 4.69) is 0 Å². The van der Waals surface area contributed by atoms with Crippen molar-refractivity contribution in [2.45, 2.75) is 0 Å². The zero-order valence-corrected chi connectivity index (χ0v) is 8.12. The smallest absolute Gasteiger partial charge is 0 e. The Morgan fingerprint density at radius 1 is 1.00 bits per heavy atom. The predicted molar refractivity (Wildman–Crippen MR) is 0 cm³/mol. The Hall–Kier alpha value is 2.17. The molecule has 0 aromatic carbocycles. The molecule has 4 heteroatoms. The Morgan fingerprint density at radius 3 is 1.00 bits per heavy atom. The van der Waals surface area contributed by atoms with E-state index in [0.717, 1.165) is 0 Å². The molecule has 0 aliphatic heterocycles. The van der Waals surface area contributed by atoms with E-state index in [1.54, 1.807) is 0 Å². The number of rotatable bonds is 0. The minimum absolute atomic E-state index is 0. The first-order chi connectivity index (χ1) is 0. The molecule has 0 spiro atoms. The van der Waals surface area contributed by atoms with Crippen LogP contribution < -0.4 is 0 Å². The van der Waals surface area contributed by atoms with Gasteiger partial charge in [-0.25, -0.2) is 0 Å². The van der Waals surface area contributed by atoms with Gasteiger partial charge in [0, 0.05) is 70.4 Å². The molecule has 0 radical (unpaired) electrons. The Kier molecular flexibility index (Phi) is 167. The third kappa shape index (κ3) is 8.90. The van der Waals surface area contributed by atoms with Crippen LogP contribution in [-0.2, 0) is 70.4 Å². The normalized spacial score (nSPS) is 0. The molecule has 0 fully saturated rings. The van der Waals surface area contributed by atoms with E-state index in [0.29, 0.717) is 0 Å². The molecule has 0 N–H and O–H groups in total. The molecule has 26 valence electrons. The summed E-state index contributed by atoms with van der Waals surface area (Å²) in [5.74, 6) is 0. The molecule has 0 heterocycles. The van der Waals surface area contributed by atoms with Crippen molar-refractivity contribution >= 4 is 0 Å². The summed E-state index contributed by atoms with van der Waals surface area (Å²) in [6, 6.07) is 0. The zero-order chi connectivity index (χ0) is 0. The fourth-order valence-corrected chi connectivity index (χ4v) is 0. The van der Waals surface area contributed by atoms with Crippen molar-refractivity contribution in [3.8, 4) is 0 Å². The van der Waals surface area contributed by atoms with Crippen LogP contribution >= 0.6 is 0 Å². The maximum Gasteiger partial charge on any atom is 0 e. The fraction of sp³-hybridized carbons (Fsp3) is 0. The summed E-state index contributed by atoms with van der Waals surface area (Å²) in [5.41, 5.74) is 0. The quantitative estimate of drug-likeness (QED) is 0.515. The summed E-state index contributed by atoms with van der Waals surface area (Å²) in [6.07, 6.45) is 0. The molecule has 0 aliphatic carbocycles. The molecule has 0 bridgehead atoms. The average Bonchev–Trinajstić information content (AvgIpc) is 0. The molecule has 0 amide bonds. The first-order valence-electron chi connectivity index (χ1n) is 0. The van der Waals surface area contributed by atoms with Crippen LogP contribution in [0.3, 0.4) is 0 Å². The molecule has 0 aromatic heterocycles. The minimum atomic E-state index is 0. The van der Waals surface area contributed by atoms with E-state index in [-0.39, 0.29) is 70.4 Å². The van der Waals surface area contributed by atoms with Gasteiger partial charge in [0.15, 0.2) is 0 Å². The van der Waals surface area contributed by atoms with E-state index in [4.69, 9.17) is 0 Å². The van der Waals surface area contributed by atoms with Crippen LogP contribution in [0.2, 0.25) is 0 Å². The second kappa shape index (κ2) is 19.1. The fourth-order valence-electron chi connectivity index (χ4n) is 0. The van der Waals surface area contributed by atoms with E-state index >= 15 is 0 Å². The molecule has 0 saturated carbocycles. The summed E-state index contributed by atoms with van der Waals surface area (Å²) in [6.45, 7) is 0. The molecule has 0 unspecified atom stereocenters. The summed E-state index contributed by atoms with van der Waals surface area (Å²) in [7, 11) is 0. The summed E-state index contributed by atoms with van der Waals surface area (Å²) >= 11 is 0. The van der Waals surface area contributed by atoms with Crippen molar-refractivity contribution in [3.05, 3.63) is 0 Å². The maximum atomic E-state index is 0. The van der Waals surface area contributed by atoms with E-state index < -0.39 is 0 Å². The SMILES string of the molecule is [Cr].[Fe].[Ni].[Zn]. The molecule has 0 atom stereocenters. The van der Waals surface area contributed by atoms with E-state index in [1.165, 1.54) is 0 Å². The van der Waals surface area contributed by atoms with Gasteiger partial charge in [0.1, 0.15) is 0 Å². The van der Waals surface area contributed by atoms with Crippen molar-refractivity contribution in [2.24, 2.45) is 0 Å². The third-order valence-corrected chi connectivity index (χ3v) is 0. The van der Waals surface area contributed by atoms with Crippen LogP contribution in [-0.4, -0.2) is 0 Å². The van der Waals surface area contributed by atoms with Crippen molar-refractivity contribution in [1.29, 1.82) is 0 Å². The van der Waals surface area contributed by atoms with Crippen LogP contribution in [0.4, 0.5) is 0 Å². The third-order valence-electron chi connectivity index (χ3n) is 0. The van der Waals surface area contributed by atoms with Crippen molar-refractivity contribution < 1.29 is 70.4 Å². The summed E-state index contributed by atoms with van der Waals surface area (Å²) in [4.78, 5) is 0. The molecule has 4 heavy (non-hydrogen) atoms.